The van der Waals surface area contributed by atoms with Gasteiger partial charge in [-0.05, 0) is 49.7 Å². The Labute approximate surface area is 237 Å². The van der Waals surface area contributed by atoms with Crippen LogP contribution in [0.2, 0.25) is 0 Å². The number of nitrogens with zero attached hydrogens (tertiary/aromatic N) is 3. The van der Waals surface area contributed by atoms with E-state index in [4.69, 9.17) is 18.6 Å². The molecule has 0 N–H and O–H groups in total. The van der Waals surface area contributed by atoms with Gasteiger partial charge >= 0.3 is 5.97 Å². The van der Waals surface area contributed by atoms with Crippen molar-refractivity contribution < 1.29 is 28.3 Å². The number of benzene rings is 2. The SMILES string of the molecule is CCOC(=O)C1=C(C)N=c2sc(=Cc3ccc(-c4ccccc4[N+](=O)[O-])o3)c(=O)n2C1c1ccc(OC)c(OC)c1. The number of fused-ring (bicyclic) bond motifs is 1. The maximum absolute atomic E-state index is 13.9. The molecule has 2 aromatic carbocycles. The predicted octanol–water partition coefficient (Wildman–Crippen LogP) is 3.98. The molecule has 1 aliphatic heterocycles. The van der Waals surface area contributed by atoms with Crippen molar-refractivity contribution in [1.29, 1.82) is 0 Å². The van der Waals surface area contributed by atoms with Gasteiger partial charge in [0.2, 0.25) is 0 Å². The zero-order valence-corrected chi connectivity index (χ0v) is 23.4. The number of hydrogen-bond acceptors (Lipinski definition) is 10. The molecule has 0 saturated heterocycles. The van der Waals surface area contributed by atoms with E-state index in [2.05, 4.69) is 4.99 Å². The van der Waals surface area contributed by atoms with Gasteiger partial charge in [0.15, 0.2) is 16.3 Å². The fourth-order valence-electron chi connectivity index (χ4n) is 4.68. The van der Waals surface area contributed by atoms with Crippen LogP contribution >= 0.6 is 11.3 Å². The molecule has 41 heavy (non-hydrogen) atoms. The largest absolute Gasteiger partial charge is 0.493 e. The van der Waals surface area contributed by atoms with E-state index in [9.17, 15) is 19.7 Å². The van der Waals surface area contributed by atoms with E-state index in [0.29, 0.717) is 49.2 Å². The Morgan fingerprint density at radius 3 is 2.61 bits per heavy atom. The maximum atomic E-state index is 13.9. The Morgan fingerprint density at radius 1 is 1.15 bits per heavy atom. The second-order valence-corrected chi connectivity index (χ2v) is 9.90. The summed E-state index contributed by atoms with van der Waals surface area (Å²) >= 11 is 1.13. The summed E-state index contributed by atoms with van der Waals surface area (Å²) in [6, 6.07) is 13.8. The molecule has 11 nitrogen and oxygen atoms in total. The fourth-order valence-corrected chi connectivity index (χ4v) is 5.70. The standard InChI is InChI=1S/C29H25N3O8S/c1-5-39-28(34)25-16(2)30-29-31(26(25)17-10-12-22(37-3)23(14-17)38-4)27(33)24(41-29)15-18-11-13-21(40-18)19-8-6-7-9-20(19)32(35)36/h6-15,26H,5H2,1-4H3. The summed E-state index contributed by atoms with van der Waals surface area (Å²) in [5, 5.41) is 11.5. The summed E-state index contributed by atoms with van der Waals surface area (Å²) in [5.41, 5.74) is 1.09. The second kappa shape index (κ2) is 11.3. The number of furan rings is 1. The molecule has 0 bridgehead atoms. The van der Waals surface area contributed by atoms with Crippen molar-refractivity contribution in [2.45, 2.75) is 19.9 Å². The van der Waals surface area contributed by atoms with Crippen molar-refractivity contribution >= 4 is 29.1 Å². The van der Waals surface area contributed by atoms with Gasteiger partial charge in [-0.3, -0.25) is 19.5 Å². The number of methoxy groups -OCH3 is 2. The summed E-state index contributed by atoms with van der Waals surface area (Å²) in [5.74, 6) is 0.966. The summed E-state index contributed by atoms with van der Waals surface area (Å²) in [4.78, 5) is 42.9. The molecule has 0 amide bonds. The van der Waals surface area contributed by atoms with Crippen LogP contribution < -0.4 is 24.4 Å². The highest BCUT2D eigenvalue weighted by molar-refractivity contribution is 7.07. The molecule has 3 heterocycles. The van der Waals surface area contributed by atoms with Crippen molar-refractivity contribution in [3.63, 3.8) is 0 Å². The Balaban J connectivity index is 1.66. The smallest absolute Gasteiger partial charge is 0.338 e. The lowest BCUT2D eigenvalue weighted by molar-refractivity contribution is -0.384. The van der Waals surface area contributed by atoms with E-state index < -0.39 is 22.5 Å². The third-order valence-electron chi connectivity index (χ3n) is 6.51. The average Bonchev–Trinajstić information content (AvgIpc) is 3.56. The van der Waals surface area contributed by atoms with E-state index in [1.807, 2.05) is 0 Å². The van der Waals surface area contributed by atoms with Crippen LogP contribution in [-0.2, 0) is 9.53 Å². The summed E-state index contributed by atoms with van der Waals surface area (Å²) < 4.78 is 23.8. The number of allylic oxidation sites excluding steroid dienone is 1. The first kappa shape index (κ1) is 27.6. The lowest BCUT2D eigenvalue weighted by Gasteiger charge is -2.25. The average molecular weight is 576 g/mol. The Kier molecular flexibility index (Phi) is 7.58. The minimum absolute atomic E-state index is 0.0929. The van der Waals surface area contributed by atoms with Gasteiger partial charge in [0, 0.05) is 12.1 Å². The van der Waals surface area contributed by atoms with Crippen molar-refractivity contribution in [2.24, 2.45) is 4.99 Å². The van der Waals surface area contributed by atoms with Crippen molar-refractivity contribution in [3.05, 3.63) is 107 Å². The van der Waals surface area contributed by atoms with Gasteiger partial charge in [-0.2, -0.15) is 0 Å². The molecule has 4 aromatic rings. The van der Waals surface area contributed by atoms with Gasteiger partial charge in [0.1, 0.15) is 11.5 Å². The number of nitro groups is 1. The van der Waals surface area contributed by atoms with Gasteiger partial charge in [-0.15, -0.1) is 0 Å². The van der Waals surface area contributed by atoms with Crippen LogP contribution in [0.25, 0.3) is 17.4 Å². The summed E-state index contributed by atoms with van der Waals surface area (Å²) in [6.45, 7) is 3.55. The molecular formula is C29H25N3O8S. The Bertz CT molecular complexity index is 1880. The van der Waals surface area contributed by atoms with Crippen LogP contribution in [0, 0.1) is 10.1 Å². The van der Waals surface area contributed by atoms with E-state index >= 15 is 0 Å². The quantitative estimate of drug-likeness (QED) is 0.175. The zero-order valence-electron chi connectivity index (χ0n) is 22.6. The Hall–Kier alpha value is -4.97. The van der Waals surface area contributed by atoms with Crippen LogP contribution in [-0.4, -0.2) is 36.3 Å². The fraction of sp³-hybridized carbons (Fsp3) is 0.207. The van der Waals surface area contributed by atoms with Gasteiger partial charge < -0.3 is 18.6 Å². The number of ether oxygens (including phenoxy) is 3. The van der Waals surface area contributed by atoms with Gasteiger partial charge in [-0.1, -0.05) is 29.5 Å². The van der Waals surface area contributed by atoms with Gasteiger partial charge in [0.05, 0.1) is 53.2 Å². The van der Waals surface area contributed by atoms with Crippen LogP contribution in [0.5, 0.6) is 11.5 Å². The number of carbonyl (C=O) groups excluding carboxylic acids is 1. The number of aromatic nitrogens is 1. The number of esters is 1. The van der Waals surface area contributed by atoms with Gasteiger partial charge in [0.25, 0.3) is 11.2 Å². The van der Waals surface area contributed by atoms with E-state index in [-0.39, 0.29) is 17.9 Å². The third kappa shape index (κ3) is 5.05. The van der Waals surface area contributed by atoms with Crippen molar-refractivity contribution in [1.82, 2.24) is 4.57 Å². The molecule has 0 radical (unpaired) electrons. The van der Waals surface area contributed by atoms with Crippen LogP contribution in [0.3, 0.4) is 0 Å². The molecule has 210 valence electrons. The summed E-state index contributed by atoms with van der Waals surface area (Å²) in [7, 11) is 3.02. The third-order valence-corrected chi connectivity index (χ3v) is 7.49. The highest BCUT2D eigenvalue weighted by Gasteiger charge is 2.34. The zero-order chi connectivity index (χ0) is 29.3. The molecule has 12 heteroatoms. The number of rotatable bonds is 8. The van der Waals surface area contributed by atoms with E-state index in [0.717, 1.165) is 11.3 Å². The van der Waals surface area contributed by atoms with E-state index in [1.165, 1.54) is 24.9 Å². The normalized spacial score (nSPS) is 14.8. The molecule has 0 saturated carbocycles. The van der Waals surface area contributed by atoms with Crippen molar-refractivity contribution in [3.8, 4) is 22.8 Å². The van der Waals surface area contributed by atoms with Crippen LogP contribution in [0.15, 0.2) is 80.1 Å². The monoisotopic (exact) mass is 575 g/mol. The van der Waals surface area contributed by atoms with Crippen LogP contribution in [0.4, 0.5) is 5.69 Å². The van der Waals surface area contributed by atoms with Crippen molar-refractivity contribution in [2.75, 3.05) is 20.8 Å². The summed E-state index contributed by atoms with van der Waals surface area (Å²) in [6.07, 6.45) is 1.55. The maximum Gasteiger partial charge on any atom is 0.338 e. The second-order valence-electron chi connectivity index (χ2n) is 8.89. The number of thiazole rings is 1. The predicted molar refractivity (Wildman–Crippen MR) is 151 cm³/mol. The topological polar surface area (TPSA) is 135 Å². The molecule has 1 unspecified atom stereocenters. The highest BCUT2D eigenvalue weighted by atomic mass is 32.1. The highest BCUT2D eigenvalue weighted by Crippen LogP contribution is 2.36. The molecule has 0 fully saturated rings. The molecule has 0 aliphatic carbocycles. The lowest BCUT2D eigenvalue weighted by atomic mass is 9.95. The molecule has 2 aromatic heterocycles. The minimum Gasteiger partial charge on any atom is -0.493 e. The first-order valence-corrected chi connectivity index (χ1v) is 13.3. The minimum atomic E-state index is -0.841. The first-order chi connectivity index (χ1) is 19.8. The molecule has 1 aliphatic rings. The molecule has 1 atom stereocenters. The number of hydrogen-bond donors (Lipinski definition) is 0. The number of para-hydroxylation sites is 1. The first-order valence-electron chi connectivity index (χ1n) is 12.5. The number of carbonyl (C=O) groups is 1. The lowest BCUT2D eigenvalue weighted by Crippen LogP contribution is -2.39. The molecule has 5 rings (SSSR count). The van der Waals surface area contributed by atoms with E-state index in [1.54, 1.807) is 68.5 Å². The number of nitro benzene ring substituents is 1. The molecule has 0 spiro atoms. The Morgan fingerprint density at radius 2 is 1.90 bits per heavy atom. The molecular weight excluding hydrogens is 550 g/mol. The van der Waals surface area contributed by atoms with Gasteiger partial charge in [-0.25, -0.2) is 9.79 Å². The van der Waals surface area contributed by atoms with Crippen LogP contribution in [0.1, 0.15) is 31.2 Å².